The molecule has 0 aliphatic heterocycles. The highest BCUT2D eigenvalue weighted by molar-refractivity contribution is 5.88. The second kappa shape index (κ2) is 13.6. The SMILES string of the molecule is C=C(CCO)C(=O)O.C=C(CCO)C(=O)OC(C)(C)C(C)CCCC. The molecule has 0 aromatic carbocycles. The van der Waals surface area contributed by atoms with E-state index in [2.05, 4.69) is 27.0 Å². The normalized spacial score (nSPS) is 11.8. The van der Waals surface area contributed by atoms with Crippen LogP contribution in [0.1, 0.15) is 59.8 Å². The second-order valence-corrected chi connectivity index (χ2v) is 6.50. The maximum atomic E-state index is 11.7. The first-order valence-corrected chi connectivity index (χ1v) is 8.57. The number of carbonyl (C=O) groups excluding carboxylic acids is 1. The minimum absolute atomic E-state index is 0.0486. The molecular weight excluding hydrogens is 324 g/mol. The lowest BCUT2D eigenvalue weighted by atomic mass is 9.88. The summed E-state index contributed by atoms with van der Waals surface area (Å²) in [4.78, 5) is 21.6. The van der Waals surface area contributed by atoms with E-state index in [9.17, 15) is 9.59 Å². The van der Waals surface area contributed by atoms with Crippen molar-refractivity contribution in [3.05, 3.63) is 24.3 Å². The molecule has 0 bridgehead atoms. The lowest BCUT2D eigenvalue weighted by Gasteiger charge is -2.32. The number of ether oxygens (including phenoxy) is 1. The van der Waals surface area contributed by atoms with E-state index in [4.69, 9.17) is 20.1 Å². The molecule has 1 atom stereocenters. The van der Waals surface area contributed by atoms with E-state index >= 15 is 0 Å². The minimum atomic E-state index is -1.04. The standard InChI is InChI=1S/C14H26O3.C5H8O3/c1-6-7-8-12(3)14(4,5)17-13(16)11(2)9-10-15;1-4(2-3-6)5(7)8/h12,15H,2,6-10H2,1,3-5H3;6H,1-3H2,(H,7,8). The highest BCUT2D eigenvalue weighted by Crippen LogP contribution is 2.26. The van der Waals surface area contributed by atoms with Crippen molar-refractivity contribution in [3.63, 3.8) is 0 Å². The van der Waals surface area contributed by atoms with Gasteiger partial charge in [0, 0.05) is 37.2 Å². The molecule has 0 aliphatic carbocycles. The number of aliphatic hydroxyl groups is 2. The number of carbonyl (C=O) groups is 2. The van der Waals surface area contributed by atoms with Gasteiger partial charge in [0.1, 0.15) is 5.60 Å². The fourth-order valence-electron chi connectivity index (χ4n) is 1.75. The Hall–Kier alpha value is -1.66. The Morgan fingerprint density at radius 1 is 1.08 bits per heavy atom. The van der Waals surface area contributed by atoms with Crippen LogP contribution in [0.15, 0.2) is 24.3 Å². The van der Waals surface area contributed by atoms with Gasteiger partial charge in [0.2, 0.25) is 0 Å². The van der Waals surface area contributed by atoms with Crippen LogP contribution in [-0.4, -0.2) is 46.1 Å². The molecular formula is C19H34O6. The summed E-state index contributed by atoms with van der Waals surface area (Å²) in [6.45, 7) is 14.7. The summed E-state index contributed by atoms with van der Waals surface area (Å²) in [7, 11) is 0. The average molecular weight is 358 g/mol. The molecule has 0 aromatic heterocycles. The highest BCUT2D eigenvalue weighted by atomic mass is 16.6. The second-order valence-electron chi connectivity index (χ2n) is 6.50. The summed E-state index contributed by atoms with van der Waals surface area (Å²) >= 11 is 0. The van der Waals surface area contributed by atoms with Gasteiger partial charge in [-0.2, -0.15) is 0 Å². The Morgan fingerprint density at radius 2 is 1.56 bits per heavy atom. The first-order chi connectivity index (χ1) is 11.5. The molecule has 25 heavy (non-hydrogen) atoms. The average Bonchev–Trinajstić information content (AvgIpc) is 2.53. The zero-order valence-corrected chi connectivity index (χ0v) is 16.0. The number of carboxylic acid groups (broad SMARTS) is 1. The number of esters is 1. The van der Waals surface area contributed by atoms with Crippen molar-refractivity contribution in [3.8, 4) is 0 Å². The number of aliphatic hydroxyl groups excluding tert-OH is 2. The molecule has 3 N–H and O–H groups in total. The van der Waals surface area contributed by atoms with Gasteiger partial charge in [-0.25, -0.2) is 9.59 Å². The van der Waals surface area contributed by atoms with Crippen molar-refractivity contribution in [2.24, 2.45) is 5.92 Å². The molecule has 6 nitrogen and oxygen atoms in total. The van der Waals surface area contributed by atoms with Gasteiger partial charge < -0.3 is 20.1 Å². The number of rotatable bonds is 11. The third-order valence-corrected chi connectivity index (χ3v) is 3.95. The van der Waals surface area contributed by atoms with Crippen molar-refractivity contribution < 1.29 is 29.6 Å². The van der Waals surface area contributed by atoms with E-state index in [1.165, 1.54) is 0 Å². The van der Waals surface area contributed by atoms with Gasteiger partial charge in [-0.15, -0.1) is 0 Å². The maximum absolute atomic E-state index is 11.7. The van der Waals surface area contributed by atoms with Crippen LogP contribution in [0.2, 0.25) is 0 Å². The van der Waals surface area contributed by atoms with Crippen LogP contribution in [0.3, 0.4) is 0 Å². The van der Waals surface area contributed by atoms with Crippen LogP contribution in [-0.2, 0) is 14.3 Å². The summed E-state index contributed by atoms with van der Waals surface area (Å²) in [5.41, 5.74) is -0.0965. The Morgan fingerprint density at radius 3 is 1.92 bits per heavy atom. The van der Waals surface area contributed by atoms with E-state index in [0.29, 0.717) is 11.5 Å². The van der Waals surface area contributed by atoms with Crippen LogP contribution in [0.4, 0.5) is 0 Å². The van der Waals surface area contributed by atoms with Crippen LogP contribution in [0.5, 0.6) is 0 Å². The van der Waals surface area contributed by atoms with Gasteiger partial charge in [-0.1, -0.05) is 39.8 Å². The van der Waals surface area contributed by atoms with Gasteiger partial charge in [-0.05, 0) is 26.2 Å². The molecule has 0 aliphatic rings. The first kappa shape index (κ1) is 25.6. The van der Waals surface area contributed by atoms with E-state index in [1.807, 2.05) is 13.8 Å². The molecule has 146 valence electrons. The fraction of sp³-hybridized carbons (Fsp3) is 0.684. The molecule has 0 heterocycles. The van der Waals surface area contributed by atoms with E-state index in [0.717, 1.165) is 19.3 Å². The van der Waals surface area contributed by atoms with Crippen LogP contribution in [0.25, 0.3) is 0 Å². The smallest absolute Gasteiger partial charge is 0.334 e. The molecule has 0 spiro atoms. The molecule has 0 rings (SSSR count). The summed E-state index contributed by atoms with van der Waals surface area (Å²) in [5, 5.41) is 25.0. The zero-order valence-electron chi connectivity index (χ0n) is 16.0. The zero-order chi connectivity index (χ0) is 20.0. The number of aliphatic carboxylic acids is 1. The lowest BCUT2D eigenvalue weighted by molar-refractivity contribution is -0.156. The van der Waals surface area contributed by atoms with Crippen molar-refractivity contribution in [1.29, 1.82) is 0 Å². The van der Waals surface area contributed by atoms with Gasteiger partial charge in [0.15, 0.2) is 0 Å². The van der Waals surface area contributed by atoms with Crippen molar-refractivity contribution in [2.45, 2.75) is 65.4 Å². The summed E-state index contributed by atoms with van der Waals surface area (Å²) < 4.78 is 5.46. The third kappa shape index (κ3) is 12.4. The monoisotopic (exact) mass is 358 g/mol. The minimum Gasteiger partial charge on any atom is -0.478 e. The maximum Gasteiger partial charge on any atom is 0.334 e. The van der Waals surface area contributed by atoms with Crippen LogP contribution >= 0.6 is 0 Å². The number of hydrogen-bond donors (Lipinski definition) is 3. The van der Waals surface area contributed by atoms with E-state index in [-0.39, 0.29) is 31.6 Å². The Labute approximate surface area is 151 Å². The van der Waals surface area contributed by atoms with Gasteiger partial charge in [0.25, 0.3) is 0 Å². The summed E-state index contributed by atoms with van der Waals surface area (Å²) in [6, 6.07) is 0. The fourth-order valence-corrected chi connectivity index (χ4v) is 1.75. The van der Waals surface area contributed by atoms with Gasteiger partial charge >= 0.3 is 11.9 Å². The van der Waals surface area contributed by atoms with Gasteiger partial charge in [0.05, 0.1) is 0 Å². The summed E-state index contributed by atoms with van der Waals surface area (Å²) in [6.07, 6.45) is 3.75. The molecule has 0 amide bonds. The molecule has 1 unspecified atom stereocenters. The van der Waals surface area contributed by atoms with Crippen molar-refractivity contribution in [1.82, 2.24) is 0 Å². The number of carboxylic acids is 1. The van der Waals surface area contributed by atoms with Crippen LogP contribution in [0, 0.1) is 5.92 Å². The Kier molecular flexibility index (Phi) is 13.9. The van der Waals surface area contributed by atoms with Crippen molar-refractivity contribution >= 4 is 11.9 Å². The predicted octanol–water partition coefficient (Wildman–Crippen LogP) is 3.08. The Bertz CT molecular complexity index is 439. The molecule has 6 heteroatoms. The van der Waals surface area contributed by atoms with Gasteiger partial charge in [-0.3, -0.25) is 0 Å². The molecule has 0 radical (unpaired) electrons. The molecule has 0 saturated heterocycles. The Balaban J connectivity index is 0. The predicted molar refractivity (Wildman–Crippen MR) is 98.2 cm³/mol. The van der Waals surface area contributed by atoms with E-state index in [1.54, 1.807) is 0 Å². The quantitative estimate of drug-likeness (QED) is 0.387. The lowest BCUT2D eigenvalue weighted by Crippen LogP contribution is -2.35. The largest absolute Gasteiger partial charge is 0.478 e. The van der Waals surface area contributed by atoms with Crippen molar-refractivity contribution in [2.75, 3.05) is 13.2 Å². The van der Waals surface area contributed by atoms with Crippen LogP contribution < -0.4 is 0 Å². The summed E-state index contributed by atoms with van der Waals surface area (Å²) in [5.74, 6) is -1.13. The number of unbranched alkanes of at least 4 members (excludes halogenated alkanes) is 1. The highest BCUT2D eigenvalue weighted by Gasteiger charge is 2.30. The molecule has 0 saturated carbocycles. The molecule has 0 fully saturated rings. The van der Waals surface area contributed by atoms with E-state index < -0.39 is 17.5 Å². The first-order valence-electron chi connectivity index (χ1n) is 8.57. The molecule has 0 aromatic rings. The number of hydrogen-bond acceptors (Lipinski definition) is 5. The third-order valence-electron chi connectivity index (χ3n) is 3.95. The topological polar surface area (TPSA) is 104 Å².